The molecule has 1 N–H and O–H groups in total. The number of hydrogen-bond acceptors (Lipinski definition) is 4. The molecule has 0 atom stereocenters. The fourth-order valence-corrected chi connectivity index (χ4v) is 3.64. The average Bonchev–Trinajstić information content (AvgIpc) is 2.57. The molecule has 0 heterocycles. The summed E-state index contributed by atoms with van der Waals surface area (Å²) >= 11 is 12.0. The first-order chi connectivity index (χ1) is 12.6. The highest BCUT2D eigenvalue weighted by molar-refractivity contribution is 7.89. The maximum atomic E-state index is 12.4. The molecule has 2 amide bonds. The zero-order chi connectivity index (χ0) is 20.2. The van der Waals surface area contributed by atoms with E-state index in [0.29, 0.717) is 21.2 Å². The van der Waals surface area contributed by atoms with Crippen molar-refractivity contribution in [2.24, 2.45) is 0 Å². The van der Waals surface area contributed by atoms with Gasteiger partial charge in [-0.2, -0.15) is 0 Å². The molecular formula is C18H18Cl2N2O4S. The SMILES string of the molecule is CN(CC(=O)Nc1c(Cl)cccc1Cl)C(=O)c1ccc(CS(C)(=O)=O)cc1. The molecule has 0 aliphatic rings. The van der Waals surface area contributed by atoms with E-state index in [1.807, 2.05) is 0 Å². The van der Waals surface area contributed by atoms with Crippen LogP contribution >= 0.6 is 23.2 Å². The quantitative estimate of drug-likeness (QED) is 0.764. The first kappa shape index (κ1) is 21.2. The lowest BCUT2D eigenvalue weighted by Gasteiger charge is -2.17. The molecule has 0 radical (unpaired) electrons. The minimum atomic E-state index is -3.15. The third-order valence-corrected chi connectivity index (χ3v) is 5.07. The second kappa shape index (κ2) is 8.73. The summed E-state index contributed by atoms with van der Waals surface area (Å²) in [5, 5.41) is 3.18. The number of likely N-dealkylation sites (N-methyl/N-ethyl adjacent to an activating group) is 1. The molecule has 144 valence electrons. The molecule has 0 aliphatic heterocycles. The van der Waals surface area contributed by atoms with E-state index in [1.54, 1.807) is 30.3 Å². The van der Waals surface area contributed by atoms with Crippen molar-refractivity contribution in [1.29, 1.82) is 0 Å². The normalized spacial score (nSPS) is 11.1. The van der Waals surface area contributed by atoms with E-state index >= 15 is 0 Å². The lowest BCUT2D eigenvalue weighted by atomic mass is 10.1. The van der Waals surface area contributed by atoms with Gasteiger partial charge in [-0.15, -0.1) is 0 Å². The van der Waals surface area contributed by atoms with Crippen LogP contribution in [0.4, 0.5) is 5.69 Å². The third kappa shape index (κ3) is 6.23. The van der Waals surface area contributed by atoms with Gasteiger partial charge in [0, 0.05) is 18.9 Å². The van der Waals surface area contributed by atoms with Crippen LogP contribution in [0.25, 0.3) is 0 Å². The first-order valence-electron chi connectivity index (χ1n) is 7.83. The molecule has 2 aromatic rings. The Morgan fingerprint density at radius 2 is 1.59 bits per heavy atom. The van der Waals surface area contributed by atoms with Crippen LogP contribution in [0.1, 0.15) is 15.9 Å². The summed E-state index contributed by atoms with van der Waals surface area (Å²) in [6.45, 7) is -0.203. The molecule has 2 rings (SSSR count). The van der Waals surface area contributed by atoms with Crippen LogP contribution in [0.3, 0.4) is 0 Å². The summed E-state index contributed by atoms with van der Waals surface area (Å²) < 4.78 is 22.6. The van der Waals surface area contributed by atoms with Crippen LogP contribution in [-0.2, 0) is 20.4 Å². The van der Waals surface area contributed by atoms with Gasteiger partial charge in [-0.05, 0) is 29.8 Å². The zero-order valence-corrected chi connectivity index (χ0v) is 17.0. The number of carbonyl (C=O) groups is 2. The van der Waals surface area contributed by atoms with Crippen LogP contribution in [-0.4, -0.2) is 45.0 Å². The van der Waals surface area contributed by atoms with Gasteiger partial charge in [0.15, 0.2) is 9.84 Å². The number of nitrogens with zero attached hydrogens (tertiary/aromatic N) is 1. The summed E-state index contributed by atoms with van der Waals surface area (Å²) in [5.74, 6) is -0.922. The monoisotopic (exact) mass is 428 g/mol. The van der Waals surface area contributed by atoms with E-state index in [2.05, 4.69) is 5.32 Å². The lowest BCUT2D eigenvalue weighted by Crippen LogP contribution is -2.35. The fourth-order valence-electron chi connectivity index (χ4n) is 2.35. The van der Waals surface area contributed by atoms with Gasteiger partial charge in [-0.3, -0.25) is 9.59 Å². The van der Waals surface area contributed by atoms with Gasteiger partial charge in [0.05, 0.1) is 28.0 Å². The Kier molecular flexibility index (Phi) is 6.86. The molecule has 0 saturated heterocycles. The highest BCUT2D eigenvalue weighted by atomic mass is 35.5. The molecule has 0 spiro atoms. The minimum Gasteiger partial charge on any atom is -0.332 e. The molecule has 0 fully saturated rings. The van der Waals surface area contributed by atoms with Crippen molar-refractivity contribution in [3.05, 3.63) is 63.6 Å². The van der Waals surface area contributed by atoms with Gasteiger partial charge >= 0.3 is 0 Å². The predicted molar refractivity (Wildman–Crippen MR) is 107 cm³/mol. The largest absolute Gasteiger partial charge is 0.332 e. The number of carbonyl (C=O) groups excluding carboxylic acids is 2. The number of anilines is 1. The molecule has 6 nitrogen and oxygen atoms in total. The van der Waals surface area contributed by atoms with E-state index in [4.69, 9.17) is 23.2 Å². The maximum absolute atomic E-state index is 12.4. The molecule has 0 aromatic heterocycles. The van der Waals surface area contributed by atoms with Crippen LogP contribution in [0.5, 0.6) is 0 Å². The molecule has 27 heavy (non-hydrogen) atoms. The Morgan fingerprint density at radius 1 is 1.04 bits per heavy atom. The number of para-hydroxylation sites is 1. The second-order valence-electron chi connectivity index (χ2n) is 6.07. The lowest BCUT2D eigenvalue weighted by molar-refractivity contribution is -0.116. The molecule has 0 aliphatic carbocycles. The van der Waals surface area contributed by atoms with E-state index in [9.17, 15) is 18.0 Å². The smallest absolute Gasteiger partial charge is 0.254 e. The van der Waals surface area contributed by atoms with Crippen molar-refractivity contribution in [3.8, 4) is 0 Å². The van der Waals surface area contributed by atoms with Crippen molar-refractivity contribution in [2.45, 2.75) is 5.75 Å². The Bertz CT molecular complexity index is 940. The van der Waals surface area contributed by atoms with Gasteiger partial charge in [-0.25, -0.2) is 8.42 Å². The van der Waals surface area contributed by atoms with Gasteiger partial charge in [0.1, 0.15) is 0 Å². The molecule has 2 aromatic carbocycles. The average molecular weight is 429 g/mol. The van der Waals surface area contributed by atoms with Crippen LogP contribution in [0, 0.1) is 0 Å². The van der Waals surface area contributed by atoms with Crippen LogP contribution < -0.4 is 5.32 Å². The predicted octanol–water partition coefficient (Wildman–Crippen LogP) is 3.25. The Labute approximate surface area is 168 Å². The third-order valence-electron chi connectivity index (χ3n) is 3.58. The number of hydrogen-bond donors (Lipinski definition) is 1. The molecule has 9 heteroatoms. The van der Waals surface area contributed by atoms with Gasteiger partial charge in [0.25, 0.3) is 5.91 Å². The van der Waals surface area contributed by atoms with Crippen LogP contribution in [0.15, 0.2) is 42.5 Å². The number of sulfone groups is 1. The van der Waals surface area contributed by atoms with Crippen LogP contribution in [0.2, 0.25) is 10.0 Å². The van der Waals surface area contributed by atoms with Gasteiger partial charge < -0.3 is 10.2 Å². The standard InChI is InChI=1S/C18H18Cl2N2O4S/c1-22(10-16(23)21-17-14(19)4-3-5-15(17)20)18(24)13-8-6-12(7-9-13)11-27(2,25)26/h3-9H,10-11H2,1-2H3,(H,21,23). The summed E-state index contributed by atoms with van der Waals surface area (Å²) in [4.78, 5) is 25.9. The van der Waals surface area contributed by atoms with Crippen molar-refractivity contribution in [3.63, 3.8) is 0 Å². The maximum Gasteiger partial charge on any atom is 0.254 e. The first-order valence-corrected chi connectivity index (χ1v) is 10.6. The summed E-state index contributed by atoms with van der Waals surface area (Å²) in [5.41, 5.74) is 1.22. The van der Waals surface area contributed by atoms with E-state index in [-0.39, 0.29) is 23.9 Å². The topological polar surface area (TPSA) is 83.6 Å². The molecule has 0 bridgehead atoms. The highest BCUT2D eigenvalue weighted by Gasteiger charge is 2.17. The van der Waals surface area contributed by atoms with Crippen molar-refractivity contribution in [2.75, 3.05) is 25.2 Å². The van der Waals surface area contributed by atoms with Crippen molar-refractivity contribution in [1.82, 2.24) is 4.90 Å². The number of nitrogens with one attached hydrogen (secondary N) is 1. The van der Waals surface area contributed by atoms with E-state index < -0.39 is 15.7 Å². The number of benzene rings is 2. The summed E-state index contributed by atoms with van der Waals surface area (Å²) in [6, 6.07) is 11.1. The number of rotatable bonds is 6. The Hall–Kier alpha value is -2.09. The Morgan fingerprint density at radius 3 is 2.11 bits per heavy atom. The number of amides is 2. The highest BCUT2D eigenvalue weighted by Crippen LogP contribution is 2.29. The zero-order valence-electron chi connectivity index (χ0n) is 14.7. The van der Waals surface area contributed by atoms with Crippen molar-refractivity contribution >= 4 is 50.5 Å². The van der Waals surface area contributed by atoms with Gasteiger partial charge in [0.2, 0.25) is 5.91 Å². The Balaban J connectivity index is 2.01. The summed E-state index contributed by atoms with van der Waals surface area (Å²) in [7, 11) is -1.66. The minimum absolute atomic E-state index is 0.0989. The number of halogens is 2. The molecular weight excluding hydrogens is 411 g/mol. The molecule has 0 unspecified atom stereocenters. The van der Waals surface area contributed by atoms with Gasteiger partial charge in [-0.1, -0.05) is 41.4 Å². The van der Waals surface area contributed by atoms with E-state index in [1.165, 1.54) is 24.1 Å². The molecule has 0 saturated carbocycles. The van der Waals surface area contributed by atoms with Crippen molar-refractivity contribution < 1.29 is 18.0 Å². The van der Waals surface area contributed by atoms with E-state index in [0.717, 1.165) is 6.26 Å². The fraction of sp³-hybridized carbons (Fsp3) is 0.222. The second-order valence-corrected chi connectivity index (χ2v) is 9.03. The summed E-state index contributed by atoms with van der Waals surface area (Å²) in [6.07, 6.45) is 1.14.